The SMILES string of the molecule is CCCCCNC(=O)C(C)NC(C)c1ccc(C)c(F)c1. The summed E-state index contributed by atoms with van der Waals surface area (Å²) < 4.78 is 13.6. The lowest BCUT2D eigenvalue weighted by Gasteiger charge is -2.20. The third-order valence-corrected chi connectivity index (χ3v) is 3.67. The molecule has 0 aromatic heterocycles. The second-order valence-corrected chi connectivity index (χ2v) is 5.62. The van der Waals surface area contributed by atoms with E-state index in [4.69, 9.17) is 0 Å². The zero-order valence-electron chi connectivity index (χ0n) is 13.5. The Bertz CT molecular complexity index is 462. The van der Waals surface area contributed by atoms with Crippen molar-refractivity contribution < 1.29 is 9.18 Å². The molecule has 21 heavy (non-hydrogen) atoms. The van der Waals surface area contributed by atoms with Gasteiger partial charge in [0.25, 0.3) is 0 Å². The minimum Gasteiger partial charge on any atom is -0.355 e. The van der Waals surface area contributed by atoms with Gasteiger partial charge in [-0.25, -0.2) is 4.39 Å². The van der Waals surface area contributed by atoms with E-state index in [1.807, 2.05) is 19.9 Å². The molecule has 0 fully saturated rings. The van der Waals surface area contributed by atoms with E-state index in [1.165, 1.54) is 6.07 Å². The first-order chi connectivity index (χ1) is 9.95. The van der Waals surface area contributed by atoms with E-state index in [9.17, 15) is 9.18 Å². The summed E-state index contributed by atoms with van der Waals surface area (Å²) in [6.45, 7) is 8.35. The van der Waals surface area contributed by atoms with Crippen LogP contribution in [0.25, 0.3) is 0 Å². The Morgan fingerprint density at radius 1 is 1.29 bits per heavy atom. The van der Waals surface area contributed by atoms with Crippen LogP contribution in [0, 0.1) is 12.7 Å². The van der Waals surface area contributed by atoms with Gasteiger partial charge in [0.1, 0.15) is 5.82 Å². The van der Waals surface area contributed by atoms with Gasteiger partial charge in [-0.15, -0.1) is 0 Å². The molecule has 1 rings (SSSR count). The van der Waals surface area contributed by atoms with Crippen molar-refractivity contribution in [1.82, 2.24) is 10.6 Å². The maximum Gasteiger partial charge on any atom is 0.236 e. The summed E-state index contributed by atoms with van der Waals surface area (Å²) in [4.78, 5) is 11.9. The molecule has 0 aliphatic rings. The van der Waals surface area contributed by atoms with Crippen LogP contribution in [0.1, 0.15) is 57.2 Å². The number of benzene rings is 1. The fraction of sp³-hybridized carbons (Fsp3) is 0.588. The number of carbonyl (C=O) groups excluding carboxylic acids is 1. The van der Waals surface area contributed by atoms with Crippen LogP contribution in [-0.2, 0) is 4.79 Å². The molecule has 1 aromatic carbocycles. The highest BCUT2D eigenvalue weighted by atomic mass is 19.1. The smallest absolute Gasteiger partial charge is 0.236 e. The summed E-state index contributed by atoms with van der Waals surface area (Å²) in [7, 11) is 0. The second-order valence-electron chi connectivity index (χ2n) is 5.62. The van der Waals surface area contributed by atoms with Gasteiger partial charge in [0, 0.05) is 12.6 Å². The zero-order chi connectivity index (χ0) is 15.8. The maximum absolute atomic E-state index is 13.6. The number of hydrogen-bond donors (Lipinski definition) is 2. The van der Waals surface area contributed by atoms with Crippen LogP contribution in [0.2, 0.25) is 0 Å². The van der Waals surface area contributed by atoms with Crippen molar-refractivity contribution in [3.8, 4) is 0 Å². The summed E-state index contributed by atoms with van der Waals surface area (Å²) in [6, 6.07) is 4.81. The van der Waals surface area contributed by atoms with Crippen molar-refractivity contribution in [2.45, 2.75) is 59.0 Å². The Kier molecular flexibility index (Phi) is 7.37. The highest BCUT2D eigenvalue weighted by Gasteiger charge is 2.16. The van der Waals surface area contributed by atoms with Crippen LogP contribution in [0.4, 0.5) is 4.39 Å². The monoisotopic (exact) mass is 294 g/mol. The maximum atomic E-state index is 13.6. The Hall–Kier alpha value is -1.42. The van der Waals surface area contributed by atoms with Crippen molar-refractivity contribution in [3.05, 3.63) is 35.1 Å². The van der Waals surface area contributed by atoms with E-state index in [1.54, 1.807) is 13.0 Å². The summed E-state index contributed by atoms with van der Waals surface area (Å²) in [5.74, 6) is -0.219. The molecule has 0 saturated carbocycles. The van der Waals surface area contributed by atoms with E-state index >= 15 is 0 Å². The minimum atomic E-state index is -0.300. The molecule has 2 atom stereocenters. The van der Waals surface area contributed by atoms with Crippen molar-refractivity contribution in [2.75, 3.05) is 6.54 Å². The molecule has 2 N–H and O–H groups in total. The molecule has 2 unspecified atom stereocenters. The van der Waals surface area contributed by atoms with Gasteiger partial charge < -0.3 is 5.32 Å². The third-order valence-electron chi connectivity index (χ3n) is 3.67. The predicted molar refractivity (Wildman–Crippen MR) is 84.7 cm³/mol. The summed E-state index contributed by atoms with van der Waals surface area (Å²) in [5.41, 5.74) is 1.48. The highest BCUT2D eigenvalue weighted by Crippen LogP contribution is 2.16. The van der Waals surface area contributed by atoms with Crippen LogP contribution < -0.4 is 10.6 Å². The van der Waals surface area contributed by atoms with Gasteiger partial charge in [-0.2, -0.15) is 0 Å². The molecule has 0 heterocycles. The molecular formula is C17H27FN2O. The van der Waals surface area contributed by atoms with Crippen LogP contribution in [0.3, 0.4) is 0 Å². The number of carbonyl (C=O) groups is 1. The largest absolute Gasteiger partial charge is 0.355 e. The van der Waals surface area contributed by atoms with E-state index in [-0.39, 0.29) is 23.8 Å². The fourth-order valence-corrected chi connectivity index (χ4v) is 2.17. The van der Waals surface area contributed by atoms with Gasteiger partial charge in [0.2, 0.25) is 5.91 Å². The van der Waals surface area contributed by atoms with Gasteiger partial charge in [0.15, 0.2) is 0 Å². The summed E-state index contributed by atoms with van der Waals surface area (Å²) >= 11 is 0. The number of rotatable bonds is 8. The number of halogens is 1. The lowest BCUT2D eigenvalue weighted by molar-refractivity contribution is -0.122. The molecule has 0 radical (unpaired) electrons. The number of aryl methyl sites for hydroxylation is 1. The zero-order valence-corrected chi connectivity index (χ0v) is 13.5. The molecule has 0 bridgehead atoms. The van der Waals surface area contributed by atoms with Gasteiger partial charge in [0.05, 0.1) is 6.04 Å². The normalized spacial score (nSPS) is 13.8. The van der Waals surface area contributed by atoms with Crippen molar-refractivity contribution >= 4 is 5.91 Å². The van der Waals surface area contributed by atoms with Gasteiger partial charge in [-0.05, 0) is 44.4 Å². The third kappa shape index (κ3) is 5.84. The standard InChI is InChI=1S/C17H27FN2O/c1-5-6-7-10-19-17(21)14(4)20-13(3)15-9-8-12(2)16(18)11-15/h8-9,11,13-14,20H,5-7,10H2,1-4H3,(H,19,21). The lowest BCUT2D eigenvalue weighted by Crippen LogP contribution is -2.43. The first-order valence-electron chi connectivity index (χ1n) is 7.75. The van der Waals surface area contributed by atoms with E-state index in [0.29, 0.717) is 12.1 Å². The summed E-state index contributed by atoms with van der Waals surface area (Å²) in [6.07, 6.45) is 3.27. The molecule has 3 nitrogen and oxygen atoms in total. The Balaban J connectivity index is 2.47. The number of amides is 1. The molecule has 1 amide bonds. The molecular weight excluding hydrogens is 267 g/mol. The number of hydrogen-bond acceptors (Lipinski definition) is 2. The number of unbranched alkanes of at least 4 members (excludes halogenated alkanes) is 2. The predicted octanol–water partition coefficient (Wildman–Crippen LogP) is 3.48. The number of nitrogens with one attached hydrogen (secondary N) is 2. The van der Waals surface area contributed by atoms with Crippen LogP contribution >= 0.6 is 0 Å². The fourth-order valence-electron chi connectivity index (χ4n) is 2.17. The topological polar surface area (TPSA) is 41.1 Å². The minimum absolute atomic E-state index is 0.00876. The molecule has 1 aromatic rings. The van der Waals surface area contributed by atoms with E-state index in [0.717, 1.165) is 24.8 Å². The molecule has 0 spiro atoms. The first-order valence-corrected chi connectivity index (χ1v) is 7.75. The average molecular weight is 294 g/mol. The van der Waals surface area contributed by atoms with Gasteiger partial charge in [-0.1, -0.05) is 31.9 Å². The van der Waals surface area contributed by atoms with Crippen LogP contribution in [0.5, 0.6) is 0 Å². The van der Waals surface area contributed by atoms with Crippen molar-refractivity contribution in [3.63, 3.8) is 0 Å². The average Bonchev–Trinajstić information content (AvgIpc) is 2.46. The molecule has 4 heteroatoms. The van der Waals surface area contributed by atoms with Crippen LogP contribution in [-0.4, -0.2) is 18.5 Å². The Morgan fingerprint density at radius 3 is 2.62 bits per heavy atom. The van der Waals surface area contributed by atoms with Crippen molar-refractivity contribution in [1.29, 1.82) is 0 Å². The quantitative estimate of drug-likeness (QED) is 0.721. The molecule has 0 saturated heterocycles. The van der Waals surface area contributed by atoms with Crippen LogP contribution in [0.15, 0.2) is 18.2 Å². The van der Waals surface area contributed by atoms with Gasteiger partial charge in [-0.3, -0.25) is 10.1 Å². The lowest BCUT2D eigenvalue weighted by atomic mass is 10.1. The molecule has 0 aliphatic carbocycles. The Labute approximate surface area is 127 Å². The first kappa shape index (κ1) is 17.6. The van der Waals surface area contributed by atoms with Gasteiger partial charge >= 0.3 is 0 Å². The highest BCUT2D eigenvalue weighted by molar-refractivity contribution is 5.81. The Morgan fingerprint density at radius 2 is 2.00 bits per heavy atom. The van der Waals surface area contributed by atoms with E-state index < -0.39 is 0 Å². The molecule has 118 valence electrons. The van der Waals surface area contributed by atoms with E-state index in [2.05, 4.69) is 17.6 Å². The van der Waals surface area contributed by atoms with Crippen molar-refractivity contribution in [2.24, 2.45) is 0 Å². The molecule has 0 aliphatic heterocycles. The summed E-state index contributed by atoms with van der Waals surface area (Å²) in [5, 5.41) is 6.12. The second kappa shape index (κ2) is 8.78.